The van der Waals surface area contributed by atoms with Crippen molar-refractivity contribution in [3.8, 4) is 0 Å². The van der Waals surface area contributed by atoms with Crippen molar-refractivity contribution in [1.82, 2.24) is 0 Å². The molecule has 0 bridgehead atoms. The van der Waals surface area contributed by atoms with Crippen molar-refractivity contribution in [2.24, 2.45) is 0 Å². The highest BCUT2D eigenvalue weighted by Gasteiger charge is 2.20. The molecule has 4 heteroatoms. The Bertz CT molecular complexity index is 541. The molecule has 1 N–H and O–H groups in total. The van der Waals surface area contributed by atoms with Crippen molar-refractivity contribution in [2.75, 3.05) is 24.6 Å². The topological polar surface area (TPSA) is 32.7 Å². The van der Waals surface area contributed by atoms with Gasteiger partial charge in [0.2, 0.25) is 0 Å². The second-order valence-corrected chi connectivity index (χ2v) is 6.11. The van der Waals surface area contributed by atoms with Crippen molar-refractivity contribution < 1.29 is 9.84 Å². The van der Waals surface area contributed by atoms with Crippen molar-refractivity contribution in [3.63, 3.8) is 0 Å². The quantitative estimate of drug-likeness (QED) is 0.887. The number of nitrogens with zero attached hydrogens (tertiary/aromatic N) is 1. The van der Waals surface area contributed by atoms with Crippen LogP contribution in [0.5, 0.6) is 0 Å². The second-order valence-electron chi connectivity index (χ2n) is 5.07. The molecule has 0 fully saturated rings. The zero-order valence-electron chi connectivity index (χ0n) is 11.4. The minimum atomic E-state index is -0.443. The molecule has 0 spiro atoms. The summed E-state index contributed by atoms with van der Waals surface area (Å²) in [7, 11) is 0. The summed E-state index contributed by atoms with van der Waals surface area (Å²) in [6, 6.07) is 12.5. The molecule has 2 heterocycles. The summed E-state index contributed by atoms with van der Waals surface area (Å²) in [5.74, 6) is 0. The first-order chi connectivity index (χ1) is 9.83. The minimum absolute atomic E-state index is 0.385. The molecule has 0 radical (unpaired) electrons. The molecule has 1 aliphatic heterocycles. The van der Waals surface area contributed by atoms with Gasteiger partial charge in [-0.2, -0.15) is 0 Å². The molecule has 0 amide bonds. The van der Waals surface area contributed by atoms with E-state index in [2.05, 4.69) is 29.2 Å². The second kappa shape index (κ2) is 6.39. The normalized spacial score (nSPS) is 15.3. The summed E-state index contributed by atoms with van der Waals surface area (Å²) < 4.78 is 5.57. The van der Waals surface area contributed by atoms with Gasteiger partial charge in [0, 0.05) is 23.7 Å². The molecule has 0 saturated carbocycles. The van der Waals surface area contributed by atoms with Crippen molar-refractivity contribution in [2.45, 2.75) is 19.1 Å². The van der Waals surface area contributed by atoms with E-state index in [0.29, 0.717) is 19.8 Å². The van der Waals surface area contributed by atoms with Crippen molar-refractivity contribution in [3.05, 3.63) is 52.2 Å². The van der Waals surface area contributed by atoms with Gasteiger partial charge in [0.05, 0.1) is 19.3 Å². The molecule has 1 unspecified atom stereocenters. The van der Waals surface area contributed by atoms with Gasteiger partial charge in [-0.25, -0.2) is 0 Å². The van der Waals surface area contributed by atoms with Gasteiger partial charge >= 0.3 is 0 Å². The van der Waals surface area contributed by atoms with E-state index < -0.39 is 6.10 Å². The number of anilines is 1. The predicted molar refractivity (Wildman–Crippen MR) is 82.3 cm³/mol. The Labute approximate surface area is 123 Å². The van der Waals surface area contributed by atoms with Crippen LogP contribution in [-0.4, -0.2) is 30.9 Å². The van der Waals surface area contributed by atoms with Crippen LogP contribution < -0.4 is 4.90 Å². The maximum Gasteiger partial charge on any atom is 0.0948 e. The fraction of sp³-hybridized carbons (Fsp3) is 0.375. The number of hydrogen-bond acceptors (Lipinski definition) is 4. The number of aliphatic hydroxyl groups is 1. The van der Waals surface area contributed by atoms with Gasteiger partial charge in [0.25, 0.3) is 0 Å². The summed E-state index contributed by atoms with van der Waals surface area (Å²) in [6.07, 6.45) is 0.625. The number of hydrogen-bond donors (Lipinski definition) is 1. The van der Waals surface area contributed by atoms with E-state index in [1.165, 1.54) is 16.1 Å². The summed E-state index contributed by atoms with van der Waals surface area (Å²) in [5.41, 5.74) is 2.63. The van der Waals surface area contributed by atoms with Crippen LogP contribution in [0.15, 0.2) is 41.8 Å². The average molecular weight is 289 g/mol. The van der Waals surface area contributed by atoms with E-state index in [-0.39, 0.29) is 0 Å². The minimum Gasteiger partial charge on any atom is -0.389 e. The maximum atomic E-state index is 10.1. The smallest absolute Gasteiger partial charge is 0.0948 e. The highest BCUT2D eigenvalue weighted by molar-refractivity contribution is 7.09. The monoisotopic (exact) mass is 289 g/mol. The summed E-state index contributed by atoms with van der Waals surface area (Å²) in [5, 5.41) is 12.1. The lowest BCUT2D eigenvalue weighted by atomic mass is 10.2. The van der Waals surface area contributed by atoms with Gasteiger partial charge in [-0.05, 0) is 29.5 Å². The first-order valence-electron chi connectivity index (χ1n) is 6.94. The number of rotatable bonds is 6. The Hall–Kier alpha value is -1.36. The first-order valence-corrected chi connectivity index (χ1v) is 7.82. The third kappa shape index (κ3) is 3.20. The first kappa shape index (κ1) is 13.6. The van der Waals surface area contributed by atoms with Crippen LogP contribution in [0.2, 0.25) is 0 Å². The summed E-state index contributed by atoms with van der Waals surface area (Å²) >= 11 is 1.68. The molecule has 0 saturated heterocycles. The van der Waals surface area contributed by atoms with E-state index in [0.717, 1.165) is 13.0 Å². The molecule has 3 rings (SSSR count). The maximum absolute atomic E-state index is 10.1. The number of aliphatic hydroxyl groups excluding tert-OH is 1. The van der Waals surface area contributed by atoms with Gasteiger partial charge in [-0.3, -0.25) is 0 Å². The van der Waals surface area contributed by atoms with E-state index in [1.54, 1.807) is 11.3 Å². The largest absolute Gasteiger partial charge is 0.389 e. The molecule has 1 aliphatic rings. The number of fused-ring (bicyclic) bond motifs is 1. The lowest BCUT2D eigenvalue weighted by molar-refractivity contribution is 0.0332. The Kier molecular flexibility index (Phi) is 4.35. The number of β-amino-alcohol motifs (C(OH)–C–C–N with tert-alkyl or cyclic N) is 1. The molecular weight excluding hydrogens is 270 g/mol. The average Bonchev–Trinajstić information content (AvgIpc) is 3.09. The van der Waals surface area contributed by atoms with Crippen molar-refractivity contribution >= 4 is 17.0 Å². The van der Waals surface area contributed by atoms with Crippen molar-refractivity contribution in [1.29, 1.82) is 0 Å². The highest BCUT2D eigenvalue weighted by Crippen LogP contribution is 2.27. The molecule has 1 aromatic heterocycles. The zero-order valence-corrected chi connectivity index (χ0v) is 12.2. The molecule has 106 valence electrons. The number of ether oxygens (including phenoxy) is 1. The van der Waals surface area contributed by atoms with E-state index in [9.17, 15) is 5.11 Å². The van der Waals surface area contributed by atoms with Crippen LogP contribution in [0.3, 0.4) is 0 Å². The van der Waals surface area contributed by atoms with Gasteiger partial charge in [-0.1, -0.05) is 24.3 Å². The SMILES string of the molecule is OC(COCc1cccs1)CN1CCc2ccccc21. The fourth-order valence-electron chi connectivity index (χ4n) is 2.59. The standard InChI is InChI=1S/C16H19NO2S/c18-14(11-19-12-15-5-3-9-20-15)10-17-8-7-13-4-1-2-6-16(13)17/h1-6,9,14,18H,7-8,10-12H2. The van der Waals surface area contributed by atoms with Gasteiger partial charge in [-0.15, -0.1) is 11.3 Å². The summed E-state index contributed by atoms with van der Waals surface area (Å²) in [6.45, 7) is 2.60. The van der Waals surface area contributed by atoms with Crippen LogP contribution in [0.25, 0.3) is 0 Å². The zero-order chi connectivity index (χ0) is 13.8. The summed E-state index contributed by atoms with van der Waals surface area (Å²) in [4.78, 5) is 3.44. The number of para-hydroxylation sites is 1. The lowest BCUT2D eigenvalue weighted by Gasteiger charge is -2.22. The molecule has 0 aliphatic carbocycles. The number of thiophene rings is 1. The number of benzene rings is 1. The Balaban J connectivity index is 1.46. The van der Waals surface area contributed by atoms with Gasteiger partial charge < -0.3 is 14.7 Å². The van der Waals surface area contributed by atoms with Gasteiger partial charge in [0.15, 0.2) is 0 Å². The third-order valence-electron chi connectivity index (χ3n) is 3.55. The van der Waals surface area contributed by atoms with E-state index in [4.69, 9.17) is 4.74 Å². The van der Waals surface area contributed by atoms with Crippen LogP contribution in [-0.2, 0) is 17.8 Å². The van der Waals surface area contributed by atoms with Crippen LogP contribution in [0.4, 0.5) is 5.69 Å². The van der Waals surface area contributed by atoms with E-state index in [1.807, 2.05) is 17.5 Å². The predicted octanol–water partition coefficient (Wildman–Crippen LogP) is 2.69. The molecular formula is C16H19NO2S. The van der Waals surface area contributed by atoms with Crippen LogP contribution in [0, 0.1) is 0 Å². The lowest BCUT2D eigenvalue weighted by Crippen LogP contribution is -2.33. The molecule has 20 heavy (non-hydrogen) atoms. The molecule has 2 aromatic rings. The third-order valence-corrected chi connectivity index (χ3v) is 4.40. The molecule has 1 aromatic carbocycles. The Morgan fingerprint density at radius 3 is 3.00 bits per heavy atom. The fourth-order valence-corrected chi connectivity index (χ4v) is 3.23. The Morgan fingerprint density at radius 1 is 1.25 bits per heavy atom. The van der Waals surface area contributed by atoms with E-state index >= 15 is 0 Å². The Morgan fingerprint density at radius 2 is 2.15 bits per heavy atom. The molecule has 1 atom stereocenters. The highest BCUT2D eigenvalue weighted by atomic mass is 32.1. The molecule has 3 nitrogen and oxygen atoms in total. The van der Waals surface area contributed by atoms with Crippen LogP contribution in [0.1, 0.15) is 10.4 Å². The van der Waals surface area contributed by atoms with Crippen LogP contribution >= 0.6 is 11.3 Å². The van der Waals surface area contributed by atoms with Gasteiger partial charge in [0.1, 0.15) is 0 Å².